The molecule has 1 N–H and O–H groups in total. The molecule has 0 amide bonds. The Bertz CT molecular complexity index is 431. The van der Waals surface area contributed by atoms with Gasteiger partial charge in [0.2, 0.25) is 0 Å². The molecule has 2 heterocycles. The van der Waals surface area contributed by atoms with Crippen LogP contribution in [0.3, 0.4) is 0 Å². The Morgan fingerprint density at radius 3 is 3.00 bits per heavy atom. The van der Waals surface area contributed by atoms with E-state index in [1.807, 2.05) is 13.2 Å². The molecule has 0 fully saturated rings. The van der Waals surface area contributed by atoms with Gasteiger partial charge in [-0.2, -0.15) is 0 Å². The van der Waals surface area contributed by atoms with Crippen LogP contribution in [0, 0.1) is 0 Å². The first kappa shape index (κ1) is 9.21. The van der Waals surface area contributed by atoms with E-state index in [0.717, 1.165) is 18.8 Å². The zero-order valence-corrected chi connectivity index (χ0v) is 8.62. The van der Waals surface area contributed by atoms with Crippen molar-refractivity contribution < 1.29 is 0 Å². The van der Waals surface area contributed by atoms with Crippen molar-refractivity contribution in [3.05, 3.63) is 35.9 Å². The summed E-state index contributed by atoms with van der Waals surface area (Å²) in [5.41, 5.74) is 2.44. The number of aromatic nitrogens is 2. The molecule has 0 aliphatic rings. The van der Waals surface area contributed by atoms with E-state index in [1.54, 1.807) is 0 Å². The molecule has 0 saturated carbocycles. The van der Waals surface area contributed by atoms with Crippen LogP contribution in [0.1, 0.15) is 18.4 Å². The maximum absolute atomic E-state index is 4.39. The number of hydrogen-bond acceptors (Lipinski definition) is 2. The normalized spacial score (nSPS) is 11.0. The van der Waals surface area contributed by atoms with Crippen LogP contribution in [0.25, 0.3) is 5.52 Å². The standard InChI is InChI=1S/C11H15N3/c1-3-11-13-8-10-6-4-5-9(7-12-2)14(10)11/h4-6,8,12H,3,7H2,1-2H3. The average molecular weight is 189 g/mol. The van der Waals surface area contributed by atoms with E-state index in [1.165, 1.54) is 11.2 Å². The Kier molecular flexibility index (Phi) is 2.50. The van der Waals surface area contributed by atoms with Crippen LogP contribution < -0.4 is 5.32 Å². The fraction of sp³-hybridized carbons (Fsp3) is 0.364. The van der Waals surface area contributed by atoms with Gasteiger partial charge < -0.3 is 5.32 Å². The molecule has 74 valence electrons. The van der Waals surface area contributed by atoms with Crippen molar-refractivity contribution >= 4 is 5.52 Å². The number of hydrogen-bond donors (Lipinski definition) is 1. The molecule has 3 nitrogen and oxygen atoms in total. The number of fused-ring (bicyclic) bond motifs is 1. The Morgan fingerprint density at radius 1 is 1.43 bits per heavy atom. The second-order valence-corrected chi connectivity index (χ2v) is 3.34. The monoisotopic (exact) mass is 189 g/mol. The van der Waals surface area contributed by atoms with Crippen molar-refractivity contribution in [2.45, 2.75) is 19.9 Å². The van der Waals surface area contributed by atoms with Crippen LogP contribution in [0.2, 0.25) is 0 Å². The summed E-state index contributed by atoms with van der Waals surface area (Å²) in [6.07, 6.45) is 2.90. The minimum absolute atomic E-state index is 0.876. The lowest BCUT2D eigenvalue weighted by atomic mass is 10.3. The zero-order valence-electron chi connectivity index (χ0n) is 8.62. The summed E-state index contributed by atoms with van der Waals surface area (Å²) in [5.74, 6) is 1.13. The number of pyridine rings is 1. The second-order valence-electron chi connectivity index (χ2n) is 3.34. The van der Waals surface area contributed by atoms with Crippen LogP contribution in [-0.2, 0) is 13.0 Å². The first-order valence-electron chi connectivity index (χ1n) is 4.95. The van der Waals surface area contributed by atoms with Gasteiger partial charge in [-0.25, -0.2) is 4.98 Å². The van der Waals surface area contributed by atoms with Gasteiger partial charge in [-0.3, -0.25) is 4.40 Å². The predicted octanol–water partition coefficient (Wildman–Crippen LogP) is 1.62. The number of nitrogens with zero attached hydrogens (tertiary/aromatic N) is 2. The fourth-order valence-corrected chi connectivity index (χ4v) is 1.76. The van der Waals surface area contributed by atoms with Gasteiger partial charge in [-0.05, 0) is 19.2 Å². The number of aryl methyl sites for hydroxylation is 1. The predicted molar refractivity (Wildman–Crippen MR) is 57.3 cm³/mol. The number of nitrogens with one attached hydrogen (secondary N) is 1. The molecule has 2 aromatic rings. The Labute approximate surface area is 83.8 Å². The van der Waals surface area contributed by atoms with Crippen LogP contribution in [0.15, 0.2) is 24.4 Å². The molecule has 0 atom stereocenters. The molecule has 3 heteroatoms. The van der Waals surface area contributed by atoms with Crippen LogP contribution in [0.4, 0.5) is 0 Å². The fourth-order valence-electron chi connectivity index (χ4n) is 1.76. The average Bonchev–Trinajstić information content (AvgIpc) is 2.62. The third-order valence-electron chi connectivity index (χ3n) is 2.38. The van der Waals surface area contributed by atoms with Crippen molar-refractivity contribution in [2.24, 2.45) is 0 Å². The van der Waals surface area contributed by atoms with Crippen LogP contribution in [-0.4, -0.2) is 16.4 Å². The van der Waals surface area contributed by atoms with E-state index in [2.05, 4.69) is 39.8 Å². The van der Waals surface area contributed by atoms with Crippen LogP contribution in [0.5, 0.6) is 0 Å². The van der Waals surface area contributed by atoms with Crippen molar-refractivity contribution in [3.8, 4) is 0 Å². The Morgan fingerprint density at radius 2 is 2.29 bits per heavy atom. The first-order valence-corrected chi connectivity index (χ1v) is 4.95. The summed E-state index contributed by atoms with van der Waals surface area (Å²) in [5, 5.41) is 3.17. The SMILES string of the molecule is CCc1ncc2cccc(CNC)n12. The summed E-state index contributed by atoms with van der Waals surface area (Å²) in [6.45, 7) is 3.01. The molecule has 0 aliphatic carbocycles. The Hall–Kier alpha value is -1.35. The van der Waals surface area contributed by atoms with Crippen molar-refractivity contribution in [3.63, 3.8) is 0 Å². The topological polar surface area (TPSA) is 29.3 Å². The lowest BCUT2D eigenvalue weighted by Crippen LogP contribution is -2.10. The number of rotatable bonds is 3. The quantitative estimate of drug-likeness (QED) is 0.795. The van der Waals surface area contributed by atoms with Crippen molar-refractivity contribution in [1.29, 1.82) is 0 Å². The summed E-state index contributed by atoms with van der Waals surface area (Å²) in [6, 6.07) is 6.29. The summed E-state index contributed by atoms with van der Waals surface area (Å²) in [7, 11) is 1.96. The van der Waals surface area contributed by atoms with E-state index in [9.17, 15) is 0 Å². The van der Waals surface area contributed by atoms with Crippen LogP contribution >= 0.6 is 0 Å². The maximum Gasteiger partial charge on any atom is 0.113 e. The lowest BCUT2D eigenvalue weighted by Gasteiger charge is -2.06. The minimum atomic E-state index is 0.876. The van der Waals surface area contributed by atoms with Gasteiger partial charge in [0, 0.05) is 18.7 Å². The van der Waals surface area contributed by atoms with E-state index in [4.69, 9.17) is 0 Å². The molecule has 0 aromatic carbocycles. The van der Waals surface area contributed by atoms with E-state index < -0.39 is 0 Å². The summed E-state index contributed by atoms with van der Waals surface area (Å²) >= 11 is 0. The molecule has 0 saturated heterocycles. The molecule has 0 aliphatic heterocycles. The molecule has 14 heavy (non-hydrogen) atoms. The third kappa shape index (κ3) is 1.40. The lowest BCUT2D eigenvalue weighted by molar-refractivity contribution is 0.760. The van der Waals surface area contributed by atoms with Gasteiger partial charge in [0.05, 0.1) is 11.7 Å². The van der Waals surface area contributed by atoms with Crippen molar-refractivity contribution in [1.82, 2.24) is 14.7 Å². The third-order valence-corrected chi connectivity index (χ3v) is 2.38. The molecule has 0 unspecified atom stereocenters. The van der Waals surface area contributed by atoms with Gasteiger partial charge in [-0.1, -0.05) is 13.0 Å². The van der Waals surface area contributed by atoms with E-state index >= 15 is 0 Å². The van der Waals surface area contributed by atoms with E-state index in [0.29, 0.717) is 0 Å². The van der Waals surface area contributed by atoms with Crippen molar-refractivity contribution in [2.75, 3.05) is 7.05 Å². The molecular weight excluding hydrogens is 174 g/mol. The van der Waals surface area contributed by atoms with Gasteiger partial charge in [-0.15, -0.1) is 0 Å². The van der Waals surface area contributed by atoms with Gasteiger partial charge >= 0.3 is 0 Å². The summed E-state index contributed by atoms with van der Waals surface area (Å²) in [4.78, 5) is 4.39. The van der Waals surface area contributed by atoms with Gasteiger partial charge in [0.25, 0.3) is 0 Å². The highest BCUT2D eigenvalue weighted by molar-refractivity contribution is 5.47. The minimum Gasteiger partial charge on any atom is -0.314 e. The zero-order chi connectivity index (χ0) is 9.97. The smallest absolute Gasteiger partial charge is 0.113 e. The van der Waals surface area contributed by atoms with Gasteiger partial charge in [0.1, 0.15) is 5.82 Å². The highest BCUT2D eigenvalue weighted by Gasteiger charge is 2.04. The highest BCUT2D eigenvalue weighted by Crippen LogP contribution is 2.11. The molecule has 2 aromatic heterocycles. The molecular formula is C11H15N3. The highest BCUT2D eigenvalue weighted by atomic mass is 15.0. The number of imidazole rings is 1. The molecule has 0 spiro atoms. The largest absolute Gasteiger partial charge is 0.314 e. The summed E-state index contributed by atoms with van der Waals surface area (Å²) < 4.78 is 2.22. The van der Waals surface area contributed by atoms with Gasteiger partial charge in [0.15, 0.2) is 0 Å². The second kappa shape index (κ2) is 3.80. The Balaban J connectivity index is 2.62. The maximum atomic E-state index is 4.39. The molecule has 0 bridgehead atoms. The molecule has 2 rings (SSSR count). The first-order chi connectivity index (χ1) is 6.86. The molecule has 0 radical (unpaired) electrons. The van der Waals surface area contributed by atoms with E-state index in [-0.39, 0.29) is 0 Å².